The number of esters is 1. The Kier molecular flexibility index (Phi) is 6.27. The van der Waals surface area contributed by atoms with Crippen molar-refractivity contribution in [2.75, 3.05) is 0 Å². The predicted molar refractivity (Wildman–Crippen MR) is 113 cm³/mol. The molecule has 1 unspecified atom stereocenters. The van der Waals surface area contributed by atoms with Crippen LogP contribution >= 0.6 is 11.6 Å². The molecule has 2 aliphatic heterocycles. The van der Waals surface area contributed by atoms with Gasteiger partial charge in [-0.1, -0.05) is 43.0 Å². The Labute approximate surface area is 184 Å². The predicted octanol–water partition coefficient (Wildman–Crippen LogP) is 4.72. The van der Waals surface area contributed by atoms with Crippen LogP contribution in [0.15, 0.2) is 52.9 Å². The molecule has 4 rings (SSSR count). The summed E-state index contributed by atoms with van der Waals surface area (Å²) in [6.07, 6.45) is 5.10. The molecule has 0 N–H and O–H groups in total. The second kappa shape index (κ2) is 9.09. The number of carbonyl (C=O) groups is 1. The number of fused-ring (bicyclic) bond motifs is 1. The van der Waals surface area contributed by atoms with Gasteiger partial charge in [0.1, 0.15) is 6.10 Å². The first-order chi connectivity index (χ1) is 14.9. The van der Waals surface area contributed by atoms with Gasteiger partial charge in [-0.05, 0) is 43.4 Å². The Morgan fingerprint density at radius 2 is 1.94 bits per heavy atom. The molecule has 3 atom stereocenters. The molecule has 0 spiro atoms. The van der Waals surface area contributed by atoms with E-state index < -0.39 is 29.4 Å². The van der Waals surface area contributed by atoms with Gasteiger partial charge in [-0.3, -0.25) is 9.83 Å². The lowest BCUT2D eigenvalue weighted by molar-refractivity contribution is -0.767. The summed E-state index contributed by atoms with van der Waals surface area (Å²) < 4.78 is 11.6. The molecule has 8 nitrogen and oxygen atoms in total. The molecule has 0 amide bonds. The van der Waals surface area contributed by atoms with Gasteiger partial charge in [0, 0.05) is 22.4 Å². The minimum Gasteiger partial charge on any atom is -0.488 e. The van der Waals surface area contributed by atoms with Gasteiger partial charge in [-0.25, -0.2) is 4.79 Å². The average molecular weight is 447 g/mol. The van der Waals surface area contributed by atoms with Crippen LogP contribution in [0, 0.1) is 16.0 Å². The zero-order valence-electron chi connectivity index (χ0n) is 17.0. The maximum atomic E-state index is 13.0. The van der Waals surface area contributed by atoms with Crippen molar-refractivity contribution in [3.63, 3.8) is 0 Å². The van der Waals surface area contributed by atoms with E-state index >= 15 is 0 Å². The highest BCUT2D eigenvalue weighted by Gasteiger charge is 2.40. The number of benzene rings is 1. The lowest BCUT2D eigenvalue weighted by Crippen LogP contribution is -2.41. The van der Waals surface area contributed by atoms with Gasteiger partial charge in [0.2, 0.25) is 6.10 Å². The van der Waals surface area contributed by atoms with Crippen LogP contribution in [0.2, 0.25) is 5.02 Å². The Balaban J connectivity index is 1.52. The fourth-order valence-corrected chi connectivity index (χ4v) is 4.46. The molecule has 0 saturated heterocycles. The van der Waals surface area contributed by atoms with Crippen molar-refractivity contribution in [2.24, 2.45) is 10.9 Å². The SMILES string of the molecule is CC1=NC=C2C(=CO[C@H]2c2ccc(Cl)cc2)C1OC(=O)[C@@H](O[N+](=O)[O-])C1CCCCC1. The number of carbonyl (C=O) groups excluding carboxylic acids is 1. The molecular formula is C22H23ClN2O6. The second-order valence-electron chi connectivity index (χ2n) is 7.96. The Bertz CT molecular complexity index is 949. The zero-order chi connectivity index (χ0) is 22.0. The van der Waals surface area contributed by atoms with Crippen molar-refractivity contribution in [3.8, 4) is 0 Å². The number of ether oxygens (including phenoxy) is 2. The molecule has 31 heavy (non-hydrogen) atoms. The fraction of sp³-hybridized carbons (Fsp3) is 0.455. The molecule has 1 saturated carbocycles. The van der Waals surface area contributed by atoms with Gasteiger partial charge in [0.25, 0.3) is 5.09 Å². The first-order valence-corrected chi connectivity index (χ1v) is 10.7. The van der Waals surface area contributed by atoms with Gasteiger partial charge in [0.05, 0.1) is 12.0 Å². The van der Waals surface area contributed by atoms with E-state index in [0.717, 1.165) is 30.4 Å². The zero-order valence-corrected chi connectivity index (χ0v) is 17.8. The van der Waals surface area contributed by atoms with Crippen LogP contribution in [0.3, 0.4) is 0 Å². The standard InChI is InChI=1S/C22H23ClN2O6/c1-13-19(30-22(26)21(31-25(27)28)14-5-3-2-4-6-14)18-12-29-20(17(18)11-24-13)15-7-9-16(23)10-8-15/h7-12,14,19-21H,2-6H2,1H3/t19?,20-,21-/m0/s1. The molecule has 2 heterocycles. The molecule has 9 heteroatoms. The topological polar surface area (TPSA) is 100 Å². The molecule has 3 aliphatic rings. The summed E-state index contributed by atoms with van der Waals surface area (Å²) in [6, 6.07) is 7.27. The second-order valence-corrected chi connectivity index (χ2v) is 8.40. The molecule has 1 aromatic rings. The summed E-state index contributed by atoms with van der Waals surface area (Å²) in [5, 5.41) is 10.7. The highest BCUT2D eigenvalue weighted by atomic mass is 35.5. The molecule has 1 aromatic carbocycles. The summed E-state index contributed by atoms with van der Waals surface area (Å²) in [7, 11) is 0. The number of aliphatic imine (C=N–C) groups is 1. The van der Waals surface area contributed by atoms with Gasteiger partial charge < -0.3 is 9.47 Å². The van der Waals surface area contributed by atoms with Gasteiger partial charge in [0.15, 0.2) is 6.10 Å². The van der Waals surface area contributed by atoms with Crippen LogP contribution in [-0.4, -0.2) is 29.0 Å². The molecule has 1 aliphatic carbocycles. The molecule has 164 valence electrons. The quantitative estimate of drug-likeness (QED) is 0.356. The number of hydrogen-bond acceptors (Lipinski definition) is 7. The Hall–Kier alpha value is -2.87. The van der Waals surface area contributed by atoms with E-state index in [0.29, 0.717) is 29.1 Å². The first kappa shape index (κ1) is 21.4. The van der Waals surface area contributed by atoms with Crippen LogP contribution in [0.1, 0.15) is 50.7 Å². The van der Waals surface area contributed by atoms with Crippen molar-refractivity contribution >= 4 is 23.3 Å². The number of rotatable bonds is 6. The summed E-state index contributed by atoms with van der Waals surface area (Å²) in [4.78, 5) is 33.1. The maximum absolute atomic E-state index is 13.0. The summed E-state index contributed by atoms with van der Waals surface area (Å²) >= 11 is 5.98. The summed E-state index contributed by atoms with van der Waals surface area (Å²) in [6.45, 7) is 1.74. The van der Waals surface area contributed by atoms with Crippen molar-refractivity contribution in [2.45, 2.75) is 57.3 Å². The lowest BCUT2D eigenvalue weighted by Gasteiger charge is -2.29. The third-order valence-corrected chi connectivity index (χ3v) is 6.18. The Morgan fingerprint density at radius 1 is 1.23 bits per heavy atom. The fourth-order valence-electron chi connectivity index (χ4n) is 4.33. The molecule has 0 aromatic heterocycles. The van der Waals surface area contributed by atoms with Crippen molar-refractivity contribution in [1.82, 2.24) is 0 Å². The van der Waals surface area contributed by atoms with Crippen molar-refractivity contribution in [3.05, 3.63) is 68.6 Å². The molecule has 1 fully saturated rings. The van der Waals surface area contributed by atoms with Crippen LogP contribution in [0.5, 0.6) is 0 Å². The van der Waals surface area contributed by atoms with E-state index in [2.05, 4.69) is 4.99 Å². The molecule has 0 radical (unpaired) electrons. The van der Waals surface area contributed by atoms with Crippen LogP contribution in [0.4, 0.5) is 0 Å². The van der Waals surface area contributed by atoms with Gasteiger partial charge in [-0.15, -0.1) is 10.1 Å². The van der Waals surface area contributed by atoms with E-state index in [1.54, 1.807) is 31.5 Å². The third kappa shape index (κ3) is 4.58. The number of hydrogen-bond donors (Lipinski definition) is 0. The normalized spacial score (nSPS) is 24.1. The minimum atomic E-state index is -1.24. The number of halogens is 1. The van der Waals surface area contributed by atoms with Crippen molar-refractivity contribution < 1.29 is 24.2 Å². The molecular weight excluding hydrogens is 424 g/mol. The molecule has 0 bridgehead atoms. The van der Waals surface area contributed by atoms with E-state index in [-0.39, 0.29) is 5.92 Å². The van der Waals surface area contributed by atoms with E-state index in [1.165, 1.54) is 0 Å². The largest absolute Gasteiger partial charge is 0.488 e. The minimum absolute atomic E-state index is 0.238. The van der Waals surface area contributed by atoms with Crippen molar-refractivity contribution in [1.29, 1.82) is 0 Å². The maximum Gasteiger partial charge on any atom is 0.336 e. The summed E-state index contributed by atoms with van der Waals surface area (Å²) in [5.41, 5.74) is 2.89. The summed E-state index contributed by atoms with van der Waals surface area (Å²) in [5.74, 6) is -0.988. The van der Waals surface area contributed by atoms with Crippen LogP contribution in [-0.2, 0) is 19.1 Å². The van der Waals surface area contributed by atoms with Gasteiger partial charge in [-0.2, -0.15) is 0 Å². The Morgan fingerprint density at radius 3 is 2.61 bits per heavy atom. The first-order valence-electron chi connectivity index (χ1n) is 10.3. The van der Waals surface area contributed by atoms with E-state index in [1.807, 2.05) is 12.1 Å². The highest BCUT2D eigenvalue weighted by Crippen LogP contribution is 2.41. The average Bonchev–Trinajstić information content (AvgIpc) is 3.19. The van der Waals surface area contributed by atoms with Crippen LogP contribution < -0.4 is 0 Å². The van der Waals surface area contributed by atoms with E-state index in [4.69, 9.17) is 25.9 Å². The third-order valence-electron chi connectivity index (χ3n) is 5.93. The number of nitrogens with zero attached hydrogens (tertiary/aromatic N) is 2. The van der Waals surface area contributed by atoms with Crippen LogP contribution in [0.25, 0.3) is 0 Å². The van der Waals surface area contributed by atoms with E-state index in [9.17, 15) is 14.9 Å². The van der Waals surface area contributed by atoms with Gasteiger partial charge >= 0.3 is 5.97 Å². The monoisotopic (exact) mass is 446 g/mol. The highest BCUT2D eigenvalue weighted by molar-refractivity contribution is 6.30. The smallest absolute Gasteiger partial charge is 0.336 e. The lowest BCUT2D eigenvalue weighted by atomic mass is 9.85.